The quantitative estimate of drug-likeness (QED) is 0.268. The summed E-state index contributed by atoms with van der Waals surface area (Å²) >= 11 is 0. The summed E-state index contributed by atoms with van der Waals surface area (Å²) in [5.74, 6) is 0.684. The molecule has 6 heteroatoms. The van der Waals surface area contributed by atoms with Gasteiger partial charge in [0.15, 0.2) is 17.3 Å². The van der Waals surface area contributed by atoms with E-state index in [4.69, 9.17) is 18.9 Å². The molecule has 0 amide bonds. The highest BCUT2D eigenvalue weighted by Crippen LogP contribution is 2.33. The van der Waals surface area contributed by atoms with Crippen molar-refractivity contribution in [3.05, 3.63) is 95.1 Å². The number of hydrogen-bond donors (Lipinski definition) is 0. The van der Waals surface area contributed by atoms with E-state index in [0.717, 1.165) is 5.56 Å². The molecule has 6 nitrogen and oxygen atoms in total. The number of ketones is 1. The molecule has 0 bridgehead atoms. The zero-order chi connectivity index (χ0) is 23.8. The molecule has 0 heterocycles. The maximum Gasteiger partial charge on any atom is 0.338 e. The third-order valence-electron chi connectivity index (χ3n) is 5.21. The molecule has 3 rings (SSSR count). The van der Waals surface area contributed by atoms with Crippen LogP contribution in [0.4, 0.5) is 0 Å². The maximum atomic E-state index is 13.7. The summed E-state index contributed by atoms with van der Waals surface area (Å²) in [4.78, 5) is 26.7. The van der Waals surface area contributed by atoms with E-state index in [2.05, 4.69) is 0 Å². The van der Waals surface area contributed by atoms with Gasteiger partial charge in [-0.3, -0.25) is 4.79 Å². The molecule has 0 aliphatic heterocycles. The van der Waals surface area contributed by atoms with Gasteiger partial charge in [0, 0.05) is 17.6 Å². The number of benzene rings is 3. The first-order valence-electron chi connectivity index (χ1n) is 10.3. The van der Waals surface area contributed by atoms with Crippen LogP contribution in [0.1, 0.15) is 21.5 Å². The SMILES string of the molecule is COC(=O)/C(=C(/Cc1ccccc1)C(=O)c1ccc(OC)cc1)c1ccc(OC)c(OC)c1. The van der Waals surface area contributed by atoms with Crippen molar-refractivity contribution in [2.24, 2.45) is 0 Å². The molecule has 0 radical (unpaired) electrons. The second kappa shape index (κ2) is 11.0. The van der Waals surface area contributed by atoms with Gasteiger partial charge in [-0.15, -0.1) is 0 Å². The summed E-state index contributed by atoms with van der Waals surface area (Å²) in [5, 5.41) is 0. The molecule has 33 heavy (non-hydrogen) atoms. The van der Waals surface area contributed by atoms with E-state index in [1.165, 1.54) is 21.3 Å². The van der Waals surface area contributed by atoms with Gasteiger partial charge in [0.1, 0.15) is 5.75 Å². The molecule has 0 aliphatic carbocycles. The molecule has 0 saturated heterocycles. The first-order valence-corrected chi connectivity index (χ1v) is 10.3. The molecule has 170 valence electrons. The first-order chi connectivity index (χ1) is 16.0. The summed E-state index contributed by atoms with van der Waals surface area (Å²) in [7, 11) is 5.89. The number of carbonyl (C=O) groups excluding carboxylic acids is 2. The average Bonchev–Trinajstić information content (AvgIpc) is 2.88. The summed E-state index contributed by atoms with van der Waals surface area (Å²) in [6, 6.07) is 21.3. The Morgan fingerprint density at radius 1 is 0.697 bits per heavy atom. The molecule has 0 N–H and O–H groups in total. The predicted octanol–water partition coefficient (Wildman–Crippen LogP) is 4.76. The Kier molecular flexibility index (Phi) is 7.86. The standard InChI is InChI=1S/C27H26O6/c1-30-21-13-10-19(11-14-21)26(28)22(16-18-8-6-5-7-9-18)25(27(29)33-4)20-12-15-23(31-2)24(17-20)32-3/h5-15,17H,16H2,1-4H3/b25-22-. The number of carbonyl (C=O) groups is 2. The third kappa shape index (κ3) is 5.41. The van der Waals surface area contributed by atoms with Crippen LogP contribution in [0.25, 0.3) is 5.57 Å². The van der Waals surface area contributed by atoms with E-state index < -0.39 is 5.97 Å². The minimum absolute atomic E-state index is 0.170. The molecule has 0 fully saturated rings. The Morgan fingerprint density at radius 3 is 1.91 bits per heavy atom. The Hall–Kier alpha value is -4.06. The van der Waals surface area contributed by atoms with Crippen LogP contribution in [0, 0.1) is 0 Å². The molecule has 0 saturated carbocycles. The van der Waals surface area contributed by atoms with E-state index >= 15 is 0 Å². The van der Waals surface area contributed by atoms with Crippen LogP contribution in [0.2, 0.25) is 0 Å². The van der Waals surface area contributed by atoms with Gasteiger partial charge in [-0.2, -0.15) is 0 Å². The smallest absolute Gasteiger partial charge is 0.338 e. The first kappa shape index (κ1) is 23.6. The van der Waals surface area contributed by atoms with Gasteiger partial charge in [-0.25, -0.2) is 4.79 Å². The fourth-order valence-electron chi connectivity index (χ4n) is 3.51. The number of Topliss-reactive ketones (excluding diaryl/α,β-unsaturated/α-hetero) is 1. The molecule has 0 unspecified atom stereocenters. The Labute approximate surface area is 193 Å². The molecular weight excluding hydrogens is 420 g/mol. The monoisotopic (exact) mass is 446 g/mol. The summed E-state index contributed by atoms with van der Waals surface area (Å²) in [5.41, 5.74) is 2.29. The van der Waals surface area contributed by atoms with Crippen molar-refractivity contribution < 1.29 is 28.5 Å². The number of allylic oxidation sites excluding steroid dienone is 1. The van der Waals surface area contributed by atoms with Gasteiger partial charge < -0.3 is 18.9 Å². The zero-order valence-electron chi connectivity index (χ0n) is 19.1. The molecule has 0 aliphatic rings. The van der Waals surface area contributed by atoms with Gasteiger partial charge in [0.25, 0.3) is 0 Å². The molecule has 0 atom stereocenters. The van der Waals surface area contributed by atoms with E-state index in [-0.39, 0.29) is 17.8 Å². The van der Waals surface area contributed by atoms with Crippen LogP contribution < -0.4 is 14.2 Å². The number of esters is 1. The number of rotatable bonds is 9. The predicted molar refractivity (Wildman–Crippen MR) is 126 cm³/mol. The lowest BCUT2D eigenvalue weighted by atomic mass is 9.89. The van der Waals surface area contributed by atoms with Crippen LogP contribution in [0.3, 0.4) is 0 Å². The second-order valence-corrected chi connectivity index (χ2v) is 7.13. The lowest BCUT2D eigenvalue weighted by molar-refractivity contribution is -0.133. The number of hydrogen-bond acceptors (Lipinski definition) is 6. The minimum atomic E-state index is -0.616. The van der Waals surface area contributed by atoms with Crippen molar-refractivity contribution in [3.8, 4) is 17.2 Å². The average molecular weight is 446 g/mol. The maximum absolute atomic E-state index is 13.7. The molecular formula is C27H26O6. The lowest BCUT2D eigenvalue weighted by Gasteiger charge is -2.16. The molecule has 0 spiro atoms. The Bertz CT molecular complexity index is 1150. The highest BCUT2D eigenvalue weighted by atomic mass is 16.5. The summed E-state index contributed by atoms with van der Waals surface area (Å²) < 4.78 is 21.0. The number of ether oxygens (including phenoxy) is 4. The van der Waals surface area contributed by atoms with E-state index in [1.54, 1.807) is 49.6 Å². The van der Waals surface area contributed by atoms with Crippen molar-refractivity contribution in [2.45, 2.75) is 6.42 Å². The fourth-order valence-corrected chi connectivity index (χ4v) is 3.51. The van der Waals surface area contributed by atoms with Crippen LogP contribution in [0.5, 0.6) is 17.2 Å². The topological polar surface area (TPSA) is 71.1 Å². The van der Waals surface area contributed by atoms with Crippen molar-refractivity contribution in [1.29, 1.82) is 0 Å². The molecule has 3 aromatic rings. The highest BCUT2D eigenvalue weighted by molar-refractivity contribution is 6.27. The third-order valence-corrected chi connectivity index (χ3v) is 5.21. The van der Waals surface area contributed by atoms with Crippen LogP contribution in [-0.4, -0.2) is 40.2 Å². The Balaban J connectivity index is 2.24. The van der Waals surface area contributed by atoms with Gasteiger partial charge in [0.05, 0.1) is 34.0 Å². The highest BCUT2D eigenvalue weighted by Gasteiger charge is 2.25. The van der Waals surface area contributed by atoms with Crippen molar-refractivity contribution in [3.63, 3.8) is 0 Å². The van der Waals surface area contributed by atoms with Gasteiger partial charge >= 0.3 is 5.97 Å². The number of methoxy groups -OCH3 is 4. The second-order valence-electron chi connectivity index (χ2n) is 7.13. The van der Waals surface area contributed by atoms with Gasteiger partial charge in [0.2, 0.25) is 0 Å². The zero-order valence-corrected chi connectivity index (χ0v) is 19.1. The summed E-state index contributed by atoms with van der Waals surface area (Å²) in [6.07, 6.45) is 0.241. The minimum Gasteiger partial charge on any atom is -0.497 e. The van der Waals surface area contributed by atoms with Crippen molar-refractivity contribution >= 4 is 17.3 Å². The van der Waals surface area contributed by atoms with E-state index in [1.807, 2.05) is 30.3 Å². The molecule has 0 aromatic heterocycles. The van der Waals surface area contributed by atoms with Gasteiger partial charge in [-0.1, -0.05) is 36.4 Å². The Morgan fingerprint density at radius 2 is 1.33 bits per heavy atom. The summed E-state index contributed by atoms with van der Waals surface area (Å²) in [6.45, 7) is 0. The van der Waals surface area contributed by atoms with E-state index in [9.17, 15) is 9.59 Å². The van der Waals surface area contributed by atoms with Crippen LogP contribution >= 0.6 is 0 Å². The van der Waals surface area contributed by atoms with Crippen molar-refractivity contribution in [1.82, 2.24) is 0 Å². The van der Waals surface area contributed by atoms with Crippen LogP contribution in [0.15, 0.2) is 78.4 Å². The van der Waals surface area contributed by atoms with Crippen molar-refractivity contribution in [2.75, 3.05) is 28.4 Å². The molecule has 3 aromatic carbocycles. The lowest BCUT2D eigenvalue weighted by Crippen LogP contribution is -2.15. The van der Waals surface area contributed by atoms with Crippen LogP contribution in [-0.2, 0) is 16.0 Å². The van der Waals surface area contributed by atoms with Gasteiger partial charge in [-0.05, 0) is 47.5 Å². The fraction of sp³-hybridized carbons (Fsp3) is 0.185. The largest absolute Gasteiger partial charge is 0.497 e. The normalized spacial score (nSPS) is 11.3. The van der Waals surface area contributed by atoms with E-state index in [0.29, 0.717) is 33.9 Å².